The van der Waals surface area contributed by atoms with Crippen molar-refractivity contribution >= 4 is 123 Å². The van der Waals surface area contributed by atoms with Gasteiger partial charge in [0.05, 0.1) is 55.9 Å². The summed E-state index contributed by atoms with van der Waals surface area (Å²) in [6, 6.07) is 19.2. The molecule has 0 bridgehead atoms. The van der Waals surface area contributed by atoms with Gasteiger partial charge in [-0.2, -0.15) is 0 Å². The van der Waals surface area contributed by atoms with E-state index in [0.717, 1.165) is 142 Å². The molecule has 4 heterocycles. The van der Waals surface area contributed by atoms with Gasteiger partial charge in [-0.3, -0.25) is 0 Å². The second-order valence-corrected chi connectivity index (χ2v) is 46.3. The molecule has 1 saturated heterocycles. The van der Waals surface area contributed by atoms with E-state index in [1.165, 1.54) is 70.2 Å². The van der Waals surface area contributed by atoms with Crippen LogP contribution in [0.15, 0.2) is 106 Å². The molecule has 3 aromatic heterocycles. The minimum absolute atomic E-state index is 0.0411. The maximum atomic E-state index is 13.2. The second-order valence-electron chi connectivity index (χ2n) is 37.3. The Morgan fingerprint density at radius 1 is 0.479 bits per heavy atom. The van der Waals surface area contributed by atoms with Crippen molar-refractivity contribution in [1.82, 2.24) is 0 Å². The first-order valence-corrected chi connectivity index (χ1v) is 47.4. The molecule has 117 heavy (non-hydrogen) atoms. The first-order valence-electron chi connectivity index (χ1n) is 39.9. The number of sulfonamides is 3. The summed E-state index contributed by atoms with van der Waals surface area (Å²) in [5.41, 5.74) is 9.43. The van der Waals surface area contributed by atoms with Crippen molar-refractivity contribution in [2.75, 3.05) is 13.2 Å². The number of carbonyl (C=O) groups is 3. The highest BCUT2D eigenvalue weighted by Crippen LogP contribution is 2.53. The fourth-order valence-corrected chi connectivity index (χ4v) is 18.9. The number of ether oxygens (including phenoxy) is 5. The van der Waals surface area contributed by atoms with Crippen molar-refractivity contribution in [3.8, 4) is 20.9 Å². The number of thiophene rings is 3. The Bertz CT molecular complexity index is 4910. The van der Waals surface area contributed by atoms with E-state index in [4.69, 9.17) is 60.0 Å². The summed E-state index contributed by atoms with van der Waals surface area (Å²) in [4.78, 5) is 43.2. The van der Waals surface area contributed by atoms with E-state index in [-0.39, 0.29) is 38.1 Å². The Morgan fingerprint density at radius 3 is 1.03 bits per heavy atom. The van der Waals surface area contributed by atoms with Crippen molar-refractivity contribution in [3.63, 3.8) is 0 Å². The third-order valence-electron chi connectivity index (χ3n) is 20.3. The fourth-order valence-electron chi connectivity index (χ4n) is 13.4. The monoisotopic (exact) mass is 1750 g/mol. The van der Waals surface area contributed by atoms with Crippen LogP contribution in [0.2, 0.25) is 4.34 Å². The Morgan fingerprint density at radius 2 is 0.752 bits per heavy atom. The molecule has 6 aromatic rings. The predicted octanol–water partition coefficient (Wildman–Crippen LogP) is 21.3. The van der Waals surface area contributed by atoms with Crippen LogP contribution in [0.25, 0.3) is 37.6 Å². The van der Waals surface area contributed by atoms with Crippen LogP contribution >= 0.6 is 45.6 Å². The molecule has 3 unspecified atom stereocenters. The SMILES string of the molecule is CC(C)C.CC1(C)OB(c2ccc(S(N)(=O)=O)cc2)OC1(C)C.CCOC(=O)C(OC(C)(C)C)c1c(C)sc(-c2ccc(S(N)(=O)=O)cc2)c1C1=CCC(C)(C)CC1.CCOC(=O)C(OC(C)(C)C)c1c(C)sc(Cl)c1C1=CCC(C)(C)CC1.Cc1sc(-c2ccc(S(N)(=O)=O)cc2)c(C2=CCC(C)(C)CC2)c1C(OC(C)(C)C)C(=O)O. The lowest BCUT2D eigenvalue weighted by Crippen LogP contribution is -2.41. The van der Waals surface area contributed by atoms with Crippen LogP contribution in [0.4, 0.5) is 0 Å². The number of benzene rings is 3. The summed E-state index contributed by atoms with van der Waals surface area (Å²) in [5.74, 6) is -0.949. The molecule has 3 aliphatic carbocycles. The number of hydrogen-bond donors (Lipinski definition) is 4. The van der Waals surface area contributed by atoms with Crippen LogP contribution in [0, 0.1) is 42.9 Å². The summed E-state index contributed by atoms with van der Waals surface area (Å²) in [6.07, 6.45) is 12.7. The van der Waals surface area contributed by atoms with Gasteiger partial charge >= 0.3 is 25.0 Å². The number of hydrogen-bond acceptors (Lipinski definition) is 19. The van der Waals surface area contributed by atoms with Gasteiger partial charge in [-0.25, -0.2) is 55.1 Å². The van der Waals surface area contributed by atoms with Gasteiger partial charge in [0, 0.05) is 57.8 Å². The van der Waals surface area contributed by atoms with E-state index >= 15 is 0 Å². The minimum Gasteiger partial charge on any atom is -0.479 e. The molecule has 4 aliphatic rings. The van der Waals surface area contributed by atoms with E-state index in [9.17, 15) is 44.7 Å². The largest absolute Gasteiger partial charge is 0.494 e. The number of carboxylic acids is 1. The summed E-state index contributed by atoms with van der Waals surface area (Å²) in [5, 5.41) is 25.7. The van der Waals surface area contributed by atoms with Gasteiger partial charge in [-0.15, -0.1) is 34.0 Å². The molecular weight excluding hydrogens is 1620 g/mol. The normalized spacial score (nSPS) is 17.9. The Labute approximate surface area is 716 Å². The zero-order valence-corrected chi connectivity index (χ0v) is 79.5. The van der Waals surface area contributed by atoms with E-state index in [2.05, 4.69) is 80.5 Å². The van der Waals surface area contributed by atoms with Gasteiger partial charge in [0.2, 0.25) is 30.1 Å². The van der Waals surface area contributed by atoms with Crippen molar-refractivity contribution in [2.24, 2.45) is 37.6 Å². The zero-order valence-electron chi connectivity index (χ0n) is 73.9. The Kier molecular flexibility index (Phi) is 33.5. The second kappa shape index (κ2) is 39.2. The number of nitrogens with two attached hydrogens (primary N) is 3. The molecule has 20 nitrogen and oxygen atoms in total. The van der Waals surface area contributed by atoms with Crippen molar-refractivity contribution < 1.29 is 77.7 Å². The third-order valence-corrected chi connectivity index (χ3v) is 26.7. The molecule has 0 spiro atoms. The maximum Gasteiger partial charge on any atom is 0.494 e. The molecule has 648 valence electrons. The lowest BCUT2D eigenvalue weighted by Gasteiger charge is -2.32. The van der Waals surface area contributed by atoms with Crippen molar-refractivity contribution in [2.45, 2.75) is 306 Å². The molecule has 10 rings (SSSR count). The smallest absolute Gasteiger partial charge is 0.479 e. The molecular formula is C89H129BClN3O17S6. The van der Waals surface area contributed by atoms with Gasteiger partial charge in [-0.05, 0) is 274 Å². The minimum atomic E-state index is -3.80. The van der Waals surface area contributed by atoms with E-state index in [1.54, 1.807) is 54.7 Å². The number of aryl methyl sites for hydroxylation is 3. The van der Waals surface area contributed by atoms with Gasteiger partial charge < -0.3 is 38.1 Å². The van der Waals surface area contributed by atoms with Crippen LogP contribution in [-0.2, 0) is 77.4 Å². The van der Waals surface area contributed by atoms with Crippen LogP contribution in [0.3, 0.4) is 0 Å². The van der Waals surface area contributed by atoms with Crippen molar-refractivity contribution in [1.29, 1.82) is 0 Å². The van der Waals surface area contributed by atoms with Crippen LogP contribution in [-0.4, -0.2) is 96.6 Å². The number of allylic oxidation sites excluding steroid dienone is 6. The summed E-state index contributed by atoms with van der Waals surface area (Å²) < 4.78 is 111. The number of carboxylic acid groups (broad SMARTS) is 1. The Hall–Kier alpha value is -5.73. The standard InChI is InChI=1S/C27H37NO5S2.C25H33NO5S2.C21H31ClO3S.C12H18BNO4S.C4H10/c1-8-32-25(29)23(33-26(3,4)5)21-17(2)34-24(19-9-11-20(12-10-19)35(28,30)31)22(21)18-13-15-27(6,7)16-14-18;1-15-19(21(23(27)28)31-24(2,3)4)20(16-11-13-25(5,6)14-12-16)22(32-15)17-7-9-18(10-8-17)33(26,29)30;1-8-24-19(23)17(25-20(3,4)5)15-13(2)26-18(22)16(15)14-9-11-21(6,7)12-10-14;1-11(2)12(3,4)18-13(17-11)9-5-7-10(8-6-9)19(14,15)16;1-4(2)3/h9-13,23H,8,14-16H2,1-7H3,(H2,28,30,31);7-11,21H,12-14H2,1-6H3,(H,27,28)(H2,26,29,30);9,17H,8,10-12H2,1-7H3;5-8H,1-4H3,(H2,14,15,16);4H,1-3H3. The number of primary sulfonamides is 3. The molecule has 1 fully saturated rings. The molecule has 7 N–H and O–H groups in total. The quantitative estimate of drug-likeness (QED) is 0.0408. The molecule has 3 atom stereocenters. The van der Waals surface area contributed by atoms with Gasteiger partial charge in [0.15, 0.2) is 18.3 Å². The first kappa shape index (κ1) is 100. The lowest BCUT2D eigenvalue weighted by molar-refractivity contribution is -0.167. The average Bonchev–Trinajstić information content (AvgIpc) is 1.63. The lowest BCUT2D eigenvalue weighted by atomic mass is 9.76. The molecule has 3 aromatic carbocycles. The van der Waals surface area contributed by atoms with E-state index < -0.39 is 95.4 Å². The fraction of sp³-hybridized carbons (Fsp3) is 0.562. The van der Waals surface area contributed by atoms with Crippen molar-refractivity contribution in [3.05, 3.63) is 143 Å². The summed E-state index contributed by atoms with van der Waals surface area (Å²) in [7, 11) is -11.8. The number of esters is 2. The van der Waals surface area contributed by atoms with Crippen LogP contribution < -0.4 is 20.9 Å². The highest BCUT2D eigenvalue weighted by atomic mass is 35.5. The highest BCUT2D eigenvalue weighted by Gasteiger charge is 2.52. The Balaban J connectivity index is 0.000000243. The van der Waals surface area contributed by atoms with Gasteiger partial charge in [0.1, 0.15) is 4.34 Å². The van der Waals surface area contributed by atoms with Gasteiger partial charge in [-0.1, -0.05) is 129 Å². The van der Waals surface area contributed by atoms with Crippen LogP contribution in [0.5, 0.6) is 0 Å². The first-order chi connectivity index (χ1) is 53.4. The maximum absolute atomic E-state index is 13.2. The molecule has 0 radical (unpaired) electrons. The molecule has 0 amide bonds. The van der Waals surface area contributed by atoms with Gasteiger partial charge in [0.25, 0.3) is 0 Å². The average molecular weight is 1750 g/mol. The number of halogens is 1. The molecule has 0 saturated carbocycles. The predicted molar refractivity (Wildman–Crippen MR) is 478 cm³/mol. The van der Waals surface area contributed by atoms with E-state index in [1.807, 2.05) is 118 Å². The highest BCUT2D eigenvalue weighted by molar-refractivity contribution is 7.89. The molecule has 28 heteroatoms. The van der Waals surface area contributed by atoms with E-state index in [0.29, 0.717) is 17.6 Å². The summed E-state index contributed by atoms with van der Waals surface area (Å²) in [6.45, 7) is 55.2. The van der Waals surface area contributed by atoms with Crippen LogP contribution in [0.1, 0.15) is 290 Å². The summed E-state index contributed by atoms with van der Waals surface area (Å²) >= 11 is 11.2. The number of aliphatic carboxylic acids is 1. The topological polar surface area (TPSA) is 317 Å². The number of carbonyl (C=O) groups excluding carboxylic acids is 2. The zero-order chi connectivity index (χ0) is 88.7. The number of rotatable bonds is 20. The molecule has 1 aliphatic heterocycles. The third kappa shape index (κ3) is 28.2.